The zero-order valence-electron chi connectivity index (χ0n) is 14.4. The second-order valence-corrected chi connectivity index (χ2v) is 6.22. The molecule has 2 rings (SSSR count). The predicted octanol–water partition coefficient (Wildman–Crippen LogP) is 2.86. The van der Waals surface area contributed by atoms with Crippen LogP contribution < -0.4 is 10.6 Å². The number of nitrogens with one attached hydrogen (secondary N) is 2. The first-order valence-corrected chi connectivity index (χ1v) is 8.14. The molecule has 5 nitrogen and oxygen atoms in total. The molecule has 0 heterocycles. The van der Waals surface area contributed by atoms with Gasteiger partial charge in [0.1, 0.15) is 5.82 Å². The number of carbonyl (C=O) groups excluding carboxylic acids is 1. The highest BCUT2D eigenvalue weighted by molar-refractivity contribution is 5.89. The third-order valence-electron chi connectivity index (χ3n) is 3.81. The first-order chi connectivity index (χ1) is 12.0. The van der Waals surface area contributed by atoms with Crippen LogP contribution in [0.5, 0.6) is 0 Å². The van der Waals surface area contributed by atoms with Gasteiger partial charge in [0.05, 0.1) is 6.10 Å². The molecule has 2 unspecified atom stereocenters. The van der Waals surface area contributed by atoms with Gasteiger partial charge < -0.3 is 20.6 Å². The highest BCUT2D eigenvalue weighted by Gasteiger charge is 2.22. The van der Waals surface area contributed by atoms with Crippen molar-refractivity contribution in [2.75, 3.05) is 32.5 Å². The molecule has 2 aromatic rings. The maximum absolute atomic E-state index is 12.9. The van der Waals surface area contributed by atoms with E-state index in [1.165, 1.54) is 24.3 Å². The average Bonchev–Trinajstić information content (AvgIpc) is 2.60. The lowest BCUT2D eigenvalue weighted by Gasteiger charge is -2.26. The molecule has 134 valence electrons. The standard InChI is InChI=1S/C19H24FN3O2/c1-23(2)13-15(18(24)14-6-4-3-5-7-14)12-21-19(25)22-17-10-8-16(20)9-11-17/h3-11,15,18,24H,12-13H2,1-2H3,(H2,21,22,25). The van der Waals surface area contributed by atoms with Gasteiger partial charge in [-0.05, 0) is 43.9 Å². The van der Waals surface area contributed by atoms with Gasteiger partial charge in [0.2, 0.25) is 0 Å². The fourth-order valence-electron chi connectivity index (χ4n) is 2.60. The molecule has 0 saturated carbocycles. The molecule has 0 aliphatic carbocycles. The van der Waals surface area contributed by atoms with E-state index in [1.807, 2.05) is 49.3 Å². The van der Waals surface area contributed by atoms with Crippen molar-refractivity contribution < 1.29 is 14.3 Å². The van der Waals surface area contributed by atoms with Crippen molar-refractivity contribution >= 4 is 11.7 Å². The first-order valence-electron chi connectivity index (χ1n) is 8.14. The third kappa shape index (κ3) is 6.17. The van der Waals surface area contributed by atoms with E-state index in [9.17, 15) is 14.3 Å². The number of amides is 2. The second-order valence-electron chi connectivity index (χ2n) is 6.22. The van der Waals surface area contributed by atoms with E-state index in [-0.39, 0.29) is 11.7 Å². The molecular weight excluding hydrogens is 321 g/mol. The van der Waals surface area contributed by atoms with E-state index in [0.717, 1.165) is 5.56 Å². The molecule has 25 heavy (non-hydrogen) atoms. The quantitative estimate of drug-likeness (QED) is 0.723. The maximum atomic E-state index is 12.9. The molecule has 3 N–H and O–H groups in total. The van der Waals surface area contributed by atoms with Crippen molar-refractivity contribution in [3.05, 3.63) is 66.0 Å². The Kier molecular flexibility index (Phi) is 6.91. The average molecular weight is 345 g/mol. The Hall–Kier alpha value is -2.44. The summed E-state index contributed by atoms with van der Waals surface area (Å²) in [4.78, 5) is 14.0. The van der Waals surface area contributed by atoms with E-state index in [1.54, 1.807) is 0 Å². The summed E-state index contributed by atoms with van der Waals surface area (Å²) in [7, 11) is 3.84. The fraction of sp³-hybridized carbons (Fsp3) is 0.316. The molecular formula is C19H24FN3O2. The van der Waals surface area contributed by atoms with Gasteiger partial charge in [-0.3, -0.25) is 0 Å². The zero-order valence-corrected chi connectivity index (χ0v) is 14.4. The van der Waals surface area contributed by atoms with Gasteiger partial charge in [-0.15, -0.1) is 0 Å². The summed E-state index contributed by atoms with van der Waals surface area (Å²) in [6, 6.07) is 14.5. The lowest BCUT2D eigenvalue weighted by molar-refractivity contribution is 0.0911. The molecule has 0 saturated heterocycles. The molecule has 6 heteroatoms. The molecule has 0 spiro atoms. The largest absolute Gasteiger partial charge is 0.388 e. The molecule has 2 amide bonds. The number of aliphatic hydroxyl groups excluding tert-OH is 1. The predicted molar refractivity (Wildman–Crippen MR) is 96.9 cm³/mol. The molecule has 0 aliphatic rings. The van der Waals surface area contributed by atoms with Gasteiger partial charge in [-0.25, -0.2) is 9.18 Å². The van der Waals surface area contributed by atoms with Gasteiger partial charge in [-0.1, -0.05) is 30.3 Å². The first kappa shape index (κ1) is 18.9. The van der Waals surface area contributed by atoms with E-state index in [2.05, 4.69) is 10.6 Å². The van der Waals surface area contributed by atoms with Crippen molar-refractivity contribution in [2.24, 2.45) is 5.92 Å². The number of nitrogens with zero attached hydrogens (tertiary/aromatic N) is 1. The molecule has 0 aliphatic heterocycles. The highest BCUT2D eigenvalue weighted by Crippen LogP contribution is 2.22. The van der Waals surface area contributed by atoms with Crippen LogP contribution in [0, 0.1) is 11.7 Å². The summed E-state index contributed by atoms with van der Waals surface area (Å²) in [5, 5.41) is 16.0. The van der Waals surface area contributed by atoms with Crippen molar-refractivity contribution in [2.45, 2.75) is 6.10 Å². The van der Waals surface area contributed by atoms with Crippen molar-refractivity contribution in [1.82, 2.24) is 10.2 Å². The Morgan fingerprint density at radius 3 is 2.36 bits per heavy atom. The van der Waals surface area contributed by atoms with Gasteiger partial charge in [0.15, 0.2) is 0 Å². The monoisotopic (exact) mass is 345 g/mol. The van der Waals surface area contributed by atoms with Crippen LogP contribution in [0.1, 0.15) is 11.7 Å². The van der Waals surface area contributed by atoms with Crippen LogP contribution in [0.3, 0.4) is 0 Å². The molecule has 2 atom stereocenters. The number of rotatable bonds is 7. The normalized spacial score (nSPS) is 13.3. The van der Waals surface area contributed by atoms with Crippen LogP contribution in [-0.4, -0.2) is 43.2 Å². The van der Waals surface area contributed by atoms with Crippen LogP contribution in [0.4, 0.5) is 14.9 Å². The van der Waals surface area contributed by atoms with Gasteiger partial charge in [0, 0.05) is 24.7 Å². The third-order valence-corrected chi connectivity index (χ3v) is 3.81. The maximum Gasteiger partial charge on any atom is 0.319 e. The van der Waals surface area contributed by atoms with Crippen molar-refractivity contribution in [1.29, 1.82) is 0 Å². The Morgan fingerprint density at radius 2 is 1.76 bits per heavy atom. The number of hydrogen-bond acceptors (Lipinski definition) is 3. The number of hydrogen-bond donors (Lipinski definition) is 3. The lowest BCUT2D eigenvalue weighted by Crippen LogP contribution is -2.39. The summed E-state index contributed by atoms with van der Waals surface area (Å²) in [6.45, 7) is 0.925. The highest BCUT2D eigenvalue weighted by atomic mass is 19.1. The van der Waals surface area contributed by atoms with E-state index in [0.29, 0.717) is 18.8 Å². The van der Waals surface area contributed by atoms with Crippen LogP contribution >= 0.6 is 0 Å². The number of benzene rings is 2. The van der Waals surface area contributed by atoms with Crippen LogP contribution in [0.15, 0.2) is 54.6 Å². The van der Waals surface area contributed by atoms with E-state index in [4.69, 9.17) is 0 Å². The Labute approximate surface area is 147 Å². The SMILES string of the molecule is CN(C)CC(CNC(=O)Nc1ccc(F)cc1)C(O)c1ccccc1. The van der Waals surface area contributed by atoms with Gasteiger partial charge in [-0.2, -0.15) is 0 Å². The smallest absolute Gasteiger partial charge is 0.319 e. The lowest BCUT2D eigenvalue weighted by atomic mass is 9.95. The summed E-state index contributed by atoms with van der Waals surface area (Å²) >= 11 is 0. The van der Waals surface area contributed by atoms with Crippen molar-refractivity contribution in [3.8, 4) is 0 Å². The summed E-state index contributed by atoms with van der Waals surface area (Å²) in [5.41, 5.74) is 1.32. The summed E-state index contributed by atoms with van der Waals surface area (Å²) in [6.07, 6.45) is -0.685. The van der Waals surface area contributed by atoms with Gasteiger partial charge in [0.25, 0.3) is 0 Å². The molecule has 0 fully saturated rings. The minimum atomic E-state index is -0.685. The van der Waals surface area contributed by atoms with E-state index < -0.39 is 12.1 Å². The van der Waals surface area contributed by atoms with Crippen LogP contribution in [0.2, 0.25) is 0 Å². The topological polar surface area (TPSA) is 64.6 Å². The van der Waals surface area contributed by atoms with Gasteiger partial charge >= 0.3 is 6.03 Å². The number of aliphatic hydroxyl groups is 1. The Bertz CT molecular complexity index is 662. The van der Waals surface area contributed by atoms with Crippen LogP contribution in [-0.2, 0) is 0 Å². The molecule has 2 aromatic carbocycles. The summed E-state index contributed by atoms with van der Waals surface area (Å²) < 4.78 is 12.9. The summed E-state index contributed by atoms with van der Waals surface area (Å²) in [5.74, 6) is -0.528. The molecule has 0 bridgehead atoms. The fourth-order valence-corrected chi connectivity index (χ4v) is 2.60. The molecule has 0 radical (unpaired) electrons. The Morgan fingerprint density at radius 1 is 1.12 bits per heavy atom. The Balaban J connectivity index is 1.94. The number of carbonyl (C=O) groups is 1. The number of anilines is 1. The van der Waals surface area contributed by atoms with Crippen molar-refractivity contribution in [3.63, 3.8) is 0 Å². The number of urea groups is 1. The number of halogens is 1. The molecule has 0 aromatic heterocycles. The minimum absolute atomic E-state index is 0.170. The van der Waals surface area contributed by atoms with Crippen LogP contribution in [0.25, 0.3) is 0 Å². The zero-order chi connectivity index (χ0) is 18.2. The second kappa shape index (κ2) is 9.15. The minimum Gasteiger partial charge on any atom is -0.388 e. The van der Waals surface area contributed by atoms with E-state index >= 15 is 0 Å².